The highest BCUT2D eigenvalue weighted by atomic mass is 32.2. The van der Waals surface area contributed by atoms with Crippen LogP contribution in [0.1, 0.15) is 26.3 Å². The van der Waals surface area contributed by atoms with E-state index in [1.807, 2.05) is 0 Å². The number of hydrogen-bond donors (Lipinski definition) is 3. The molecule has 0 saturated heterocycles. The van der Waals surface area contributed by atoms with Crippen molar-refractivity contribution in [3.8, 4) is 0 Å². The third kappa shape index (κ3) is 5.73. The predicted molar refractivity (Wildman–Crippen MR) is 85.8 cm³/mol. The van der Waals surface area contributed by atoms with E-state index < -0.39 is 10.0 Å². The summed E-state index contributed by atoms with van der Waals surface area (Å²) in [7, 11) is -0.274. The van der Waals surface area contributed by atoms with E-state index in [-0.39, 0.29) is 10.4 Å². The Morgan fingerprint density at radius 3 is 2.19 bits per heavy atom. The van der Waals surface area contributed by atoms with Crippen molar-refractivity contribution in [2.24, 2.45) is 4.99 Å². The van der Waals surface area contributed by atoms with Crippen LogP contribution in [0.2, 0.25) is 0 Å². The standard InChI is InChI=1S/C14H24N4O2S/c1-14(2,3)18-13(15-4)17-10-11-6-8-12(9-7-11)21(19,20)16-5/h6-9,16H,10H2,1-5H3,(H2,15,17,18). The Morgan fingerprint density at radius 2 is 1.76 bits per heavy atom. The Bertz CT molecular complexity index is 586. The van der Waals surface area contributed by atoms with Gasteiger partial charge in [0.2, 0.25) is 10.0 Å². The molecule has 1 rings (SSSR count). The van der Waals surface area contributed by atoms with Crippen LogP contribution in [0, 0.1) is 0 Å². The second-order valence-electron chi connectivity index (χ2n) is 5.65. The van der Waals surface area contributed by atoms with E-state index in [1.165, 1.54) is 7.05 Å². The minimum absolute atomic E-state index is 0.0768. The third-order valence-corrected chi connectivity index (χ3v) is 4.11. The van der Waals surface area contributed by atoms with Gasteiger partial charge in [-0.15, -0.1) is 0 Å². The Kier molecular flexibility index (Phi) is 5.74. The van der Waals surface area contributed by atoms with Gasteiger partial charge in [0.1, 0.15) is 0 Å². The molecule has 0 aliphatic carbocycles. The topological polar surface area (TPSA) is 82.6 Å². The van der Waals surface area contributed by atoms with Gasteiger partial charge in [-0.3, -0.25) is 4.99 Å². The lowest BCUT2D eigenvalue weighted by Crippen LogP contribution is -2.47. The van der Waals surface area contributed by atoms with Gasteiger partial charge in [0, 0.05) is 19.1 Å². The summed E-state index contributed by atoms with van der Waals surface area (Å²) in [5, 5.41) is 6.44. The molecule has 21 heavy (non-hydrogen) atoms. The number of guanidine groups is 1. The van der Waals surface area contributed by atoms with Crippen LogP contribution in [0.4, 0.5) is 0 Å². The summed E-state index contributed by atoms with van der Waals surface area (Å²) in [6, 6.07) is 6.73. The fourth-order valence-electron chi connectivity index (χ4n) is 1.62. The number of nitrogens with zero attached hydrogens (tertiary/aromatic N) is 1. The van der Waals surface area contributed by atoms with Gasteiger partial charge in [0.05, 0.1) is 4.90 Å². The maximum absolute atomic E-state index is 11.6. The Morgan fingerprint density at radius 1 is 1.19 bits per heavy atom. The molecule has 0 bridgehead atoms. The number of benzene rings is 1. The van der Waals surface area contributed by atoms with Crippen molar-refractivity contribution < 1.29 is 8.42 Å². The zero-order chi connectivity index (χ0) is 16.1. The average Bonchev–Trinajstić information content (AvgIpc) is 2.42. The van der Waals surface area contributed by atoms with Crippen LogP contribution >= 0.6 is 0 Å². The van der Waals surface area contributed by atoms with Crippen molar-refractivity contribution in [1.29, 1.82) is 0 Å². The van der Waals surface area contributed by atoms with Crippen molar-refractivity contribution in [3.05, 3.63) is 29.8 Å². The molecule has 0 heterocycles. The highest BCUT2D eigenvalue weighted by molar-refractivity contribution is 7.89. The molecular weight excluding hydrogens is 288 g/mol. The molecule has 7 heteroatoms. The summed E-state index contributed by atoms with van der Waals surface area (Å²) in [5.74, 6) is 0.703. The first-order valence-electron chi connectivity index (χ1n) is 6.69. The van der Waals surface area contributed by atoms with E-state index in [9.17, 15) is 8.42 Å². The molecule has 6 nitrogen and oxygen atoms in total. The van der Waals surface area contributed by atoms with Crippen LogP contribution in [-0.2, 0) is 16.6 Å². The van der Waals surface area contributed by atoms with Crippen LogP contribution in [0.25, 0.3) is 0 Å². The molecule has 0 aliphatic heterocycles. The number of sulfonamides is 1. The molecule has 0 fully saturated rings. The maximum atomic E-state index is 11.6. The van der Waals surface area contributed by atoms with Crippen molar-refractivity contribution >= 4 is 16.0 Å². The van der Waals surface area contributed by atoms with E-state index in [2.05, 4.69) is 41.1 Å². The first kappa shape index (κ1) is 17.5. The van der Waals surface area contributed by atoms with Crippen LogP contribution in [-0.4, -0.2) is 34.0 Å². The molecule has 1 aromatic carbocycles. The highest BCUT2D eigenvalue weighted by Crippen LogP contribution is 2.10. The zero-order valence-electron chi connectivity index (χ0n) is 13.2. The van der Waals surface area contributed by atoms with Gasteiger partial charge < -0.3 is 10.6 Å². The highest BCUT2D eigenvalue weighted by Gasteiger charge is 2.12. The summed E-state index contributed by atoms with van der Waals surface area (Å²) in [6.07, 6.45) is 0. The summed E-state index contributed by atoms with van der Waals surface area (Å²) in [6.45, 7) is 6.72. The lowest BCUT2D eigenvalue weighted by Gasteiger charge is -2.23. The normalized spacial score (nSPS) is 13.1. The number of aliphatic imine (C=N–C) groups is 1. The van der Waals surface area contributed by atoms with Crippen LogP contribution in [0.15, 0.2) is 34.2 Å². The van der Waals surface area contributed by atoms with Crippen LogP contribution in [0.5, 0.6) is 0 Å². The Balaban J connectivity index is 2.69. The van der Waals surface area contributed by atoms with Gasteiger partial charge in [0.25, 0.3) is 0 Å². The molecule has 0 spiro atoms. The molecule has 118 valence electrons. The third-order valence-electron chi connectivity index (χ3n) is 2.68. The van der Waals surface area contributed by atoms with Crippen LogP contribution < -0.4 is 15.4 Å². The van der Waals surface area contributed by atoms with Crippen molar-refractivity contribution in [2.75, 3.05) is 14.1 Å². The van der Waals surface area contributed by atoms with Crippen molar-refractivity contribution in [3.63, 3.8) is 0 Å². The Hall–Kier alpha value is -1.60. The Labute approximate surface area is 127 Å². The zero-order valence-corrected chi connectivity index (χ0v) is 14.0. The SMILES string of the molecule is CN=C(NCc1ccc(S(=O)(=O)NC)cc1)NC(C)(C)C. The fraction of sp³-hybridized carbons (Fsp3) is 0.500. The second-order valence-corrected chi connectivity index (χ2v) is 7.54. The van der Waals surface area contributed by atoms with Gasteiger partial charge >= 0.3 is 0 Å². The largest absolute Gasteiger partial charge is 0.352 e. The quantitative estimate of drug-likeness (QED) is 0.573. The molecule has 0 aliphatic rings. The molecule has 0 amide bonds. The minimum atomic E-state index is -3.38. The lowest BCUT2D eigenvalue weighted by molar-refractivity contribution is 0.501. The van der Waals surface area contributed by atoms with Gasteiger partial charge in [-0.1, -0.05) is 12.1 Å². The maximum Gasteiger partial charge on any atom is 0.240 e. The second kappa shape index (κ2) is 6.91. The predicted octanol–water partition coefficient (Wildman–Crippen LogP) is 1.06. The number of rotatable bonds is 4. The average molecular weight is 312 g/mol. The number of nitrogens with one attached hydrogen (secondary N) is 3. The van der Waals surface area contributed by atoms with E-state index in [4.69, 9.17) is 0 Å². The molecule has 3 N–H and O–H groups in total. The number of hydrogen-bond acceptors (Lipinski definition) is 3. The van der Waals surface area contributed by atoms with E-state index in [0.717, 1.165) is 5.56 Å². The summed E-state index contributed by atoms with van der Waals surface area (Å²) in [4.78, 5) is 4.40. The van der Waals surface area contributed by atoms with Gasteiger partial charge in [-0.2, -0.15) is 0 Å². The van der Waals surface area contributed by atoms with Crippen molar-refractivity contribution in [2.45, 2.75) is 37.8 Å². The summed E-state index contributed by atoms with van der Waals surface area (Å²) >= 11 is 0. The smallest absolute Gasteiger partial charge is 0.240 e. The fourth-order valence-corrected chi connectivity index (χ4v) is 2.35. The van der Waals surface area contributed by atoms with Crippen LogP contribution in [0.3, 0.4) is 0 Å². The molecule has 1 aromatic rings. The van der Waals surface area contributed by atoms with Gasteiger partial charge in [-0.25, -0.2) is 13.1 Å². The van der Waals surface area contributed by atoms with E-state index in [0.29, 0.717) is 12.5 Å². The molecule has 0 atom stereocenters. The molecule has 0 saturated carbocycles. The van der Waals surface area contributed by atoms with E-state index >= 15 is 0 Å². The minimum Gasteiger partial charge on any atom is -0.352 e. The molecule has 0 unspecified atom stereocenters. The van der Waals surface area contributed by atoms with Gasteiger partial charge in [0.15, 0.2) is 5.96 Å². The molecule has 0 aromatic heterocycles. The molecular formula is C14H24N4O2S. The van der Waals surface area contributed by atoms with Crippen molar-refractivity contribution in [1.82, 2.24) is 15.4 Å². The monoisotopic (exact) mass is 312 g/mol. The van der Waals surface area contributed by atoms with E-state index in [1.54, 1.807) is 31.3 Å². The summed E-state index contributed by atoms with van der Waals surface area (Å²) in [5.41, 5.74) is 0.897. The molecule has 0 radical (unpaired) electrons. The first-order chi connectivity index (χ1) is 9.68. The summed E-state index contributed by atoms with van der Waals surface area (Å²) < 4.78 is 25.5. The lowest BCUT2D eigenvalue weighted by atomic mass is 10.1. The first-order valence-corrected chi connectivity index (χ1v) is 8.17. The van der Waals surface area contributed by atoms with Gasteiger partial charge in [-0.05, 0) is 45.5 Å².